The van der Waals surface area contributed by atoms with E-state index in [1.165, 1.54) is 18.4 Å². The number of thiophene rings is 1. The van der Waals surface area contributed by atoms with Crippen LogP contribution in [0.1, 0.15) is 20.1 Å². The number of nitrogens with one attached hydrogen (secondary N) is 1. The quantitative estimate of drug-likeness (QED) is 0.681. The monoisotopic (exact) mass is 302 g/mol. The van der Waals surface area contributed by atoms with Gasteiger partial charge in [-0.05, 0) is 29.8 Å². The van der Waals surface area contributed by atoms with Gasteiger partial charge in [0, 0.05) is 23.7 Å². The molecular formula is C15H14N2O3S. The number of methoxy groups -OCH3 is 1. The largest absolute Gasteiger partial charge is 0.465 e. The van der Waals surface area contributed by atoms with Crippen LogP contribution in [-0.2, 0) is 16.0 Å². The van der Waals surface area contributed by atoms with Crippen molar-refractivity contribution in [1.29, 1.82) is 0 Å². The number of rotatable bonds is 5. The van der Waals surface area contributed by atoms with Gasteiger partial charge in [-0.3, -0.25) is 9.78 Å². The maximum atomic E-state index is 11.8. The number of carbonyl (C=O) groups is 2. The topological polar surface area (TPSA) is 68.3 Å². The molecule has 1 amide bonds. The zero-order valence-corrected chi connectivity index (χ0v) is 12.3. The van der Waals surface area contributed by atoms with Gasteiger partial charge in [-0.15, -0.1) is 11.3 Å². The molecule has 0 saturated heterocycles. The first kappa shape index (κ1) is 14.9. The van der Waals surface area contributed by atoms with Gasteiger partial charge in [-0.2, -0.15) is 0 Å². The van der Waals surface area contributed by atoms with Crippen molar-refractivity contribution in [2.24, 2.45) is 0 Å². The third-order valence-corrected chi connectivity index (χ3v) is 3.84. The summed E-state index contributed by atoms with van der Waals surface area (Å²) >= 11 is 1.30. The molecule has 2 aromatic rings. The second kappa shape index (κ2) is 6.81. The van der Waals surface area contributed by atoms with E-state index in [4.69, 9.17) is 4.74 Å². The first-order chi connectivity index (χ1) is 10.1. The summed E-state index contributed by atoms with van der Waals surface area (Å²) in [5.74, 6) is -0.839. The van der Waals surface area contributed by atoms with Gasteiger partial charge in [0.15, 0.2) is 0 Å². The Kier molecular flexibility index (Phi) is 4.84. The smallest absolute Gasteiger partial charge is 0.350 e. The molecule has 0 saturated carbocycles. The highest BCUT2D eigenvalue weighted by Gasteiger charge is 2.18. The van der Waals surface area contributed by atoms with Crippen LogP contribution in [0.5, 0.6) is 0 Å². The van der Waals surface area contributed by atoms with Crippen molar-refractivity contribution < 1.29 is 14.3 Å². The van der Waals surface area contributed by atoms with Gasteiger partial charge in [-0.1, -0.05) is 6.58 Å². The summed E-state index contributed by atoms with van der Waals surface area (Å²) in [5, 5.41) is 2.62. The second-order valence-electron chi connectivity index (χ2n) is 4.17. The molecule has 0 aromatic carbocycles. The Morgan fingerprint density at radius 2 is 2.14 bits per heavy atom. The summed E-state index contributed by atoms with van der Waals surface area (Å²) in [6, 6.07) is 5.58. The molecule has 0 atom stereocenters. The minimum absolute atomic E-state index is 0.367. The van der Waals surface area contributed by atoms with Crippen molar-refractivity contribution >= 4 is 28.9 Å². The Hall–Kier alpha value is -2.47. The summed E-state index contributed by atoms with van der Waals surface area (Å²) in [7, 11) is 1.31. The molecule has 0 fully saturated rings. The maximum absolute atomic E-state index is 11.8. The van der Waals surface area contributed by atoms with Crippen LogP contribution in [0.3, 0.4) is 0 Å². The normalized spacial score (nSPS) is 9.95. The molecule has 6 heteroatoms. The summed E-state index contributed by atoms with van der Waals surface area (Å²) in [6.07, 6.45) is 5.23. The maximum Gasteiger partial charge on any atom is 0.350 e. The van der Waals surface area contributed by atoms with Crippen LogP contribution in [-0.4, -0.2) is 24.0 Å². The lowest BCUT2D eigenvalue weighted by atomic mass is 10.2. The van der Waals surface area contributed by atoms with Gasteiger partial charge < -0.3 is 10.1 Å². The standard InChI is InChI=1S/C15H14N2O3S/c1-3-13(18)17-12-9-11(21-14(12)15(19)20-2)8-10-4-6-16-7-5-10/h3-7,9H,1,8H2,2H3,(H,17,18). The van der Waals surface area contributed by atoms with E-state index in [1.807, 2.05) is 12.1 Å². The lowest BCUT2D eigenvalue weighted by molar-refractivity contribution is -0.111. The fourth-order valence-corrected chi connectivity index (χ4v) is 2.82. The van der Waals surface area contributed by atoms with Crippen LogP contribution in [0, 0.1) is 0 Å². The van der Waals surface area contributed by atoms with Crippen molar-refractivity contribution in [2.45, 2.75) is 6.42 Å². The van der Waals surface area contributed by atoms with E-state index in [9.17, 15) is 9.59 Å². The number of ether oxygens (including phenoxy) is 1. The first-order valence-electron chi connectivity index (χ1n) is 6.17. The van der Waals surface area contributed by atoms with Gasteiger partial charge in [0.1, 0.15) is 4.88 Å². The predicted molar refractivity (Wildman–Crippen MR) is 81.5 cm³/mol. The van der Waals surface area contributed by atoms with Crippen LogP contribution in [0.25, 0.3) is 0 Å². The molecule has 0 unspecified atom stereocenters. The molecule has 0 aliphatic rings. The second-order valence-corrected chi connectivity index (χ2v) is 5.31. The lowest BCUT2D eigenvalue weighted by Crippen LogP contribution is -2.10. The minimum atomic E-state index is -0.472. The number of esters is 1. The summed E-state index contributed by atoms with van der Waals surface area (Å²) in [5.41, 5.74) is 1.52. The van der Waals surface area contributed by atoms with E-state index in [-0.39, 0.29) is 5.91 Å². The number of carbonyl (C=O) groups excluding carboxylic acids is 2. The van der Waals surface area contributed by atoms with Gasteiger partial charge in [0.25, 0.3) is 0 Å². The molecule has 2 rings (SSSR count). The molecule has 0 bridgehead atoms. The number of anilines is 1. The average molecular weight is 302 g/mol. The Bertz CT molecular complexity index is 665. The number of aromatic nitrogens is 1. The molecule has 5 nitrogen and oxygen atoms in total. The summed E-state index contributed by atoms with van der Waals surface area (Å²) in [4.78, 5) is 28.5. The summed E-state index contributed by atoms with van der Waals surface area (Å²) < 4.78 is 4.74. The van der Waals surface area contributed by atoms with Crippen LogP contribution in [0.2, 0.25) is 0 Å². The van der Waals surface area contributed by atoms with Crippen molar-refractivity contribution in [1.82, 2.24) is 4.98 Å². The average Bonchev–Trinajstić information content (AvgIpc) is 2.89. The first-order valence-corrected chi connectivity index (χ1v) is 6.99. The fraction of sp³-hybridized carbons (Fsp3) is 0.133. The Morgan fingerprint density at radius 1 is 1.43 bits per heavy atom. The highest BCUT2D eigenvalue weighted by atomic mass is 32.1. The van der Waals surface area contributed by atoms with E-state index >= 15 is 0 Å². The van der Waals surface area contributed by atoms with Crippen molar-refractivity contribution in [3.8, 4) is 0 Å². The minimum Gasteiger partial charge on any atom is -0.465 e. The highest BCUT2D eigenvalue weighted by molar-refractivity contribution is 7.14. The Labute approximate surface area is 126 Å². The molecule has 21 heavy (non-hydrogen) atoms. The van der Waals surface area contributed by atoms with E-state index in [0.29, 0.717) is 17.0 Å². The lowest BCUT2D eigenvalue weighted by Gasteiger charge is -2.01. The molecule has 2 heterocycles. The number of hydrogen-bond acceptors (Lipinski definition) is 5. The number of amides is 1. The fourth-order valence-electron chi connectivity index (χ4n) is 1.75. The zero-order chi connectivity index (χ0) is 15.2. The van der Waals surface area contributed by atoms with E-state index < -0.39 is 5.97 Å². The third-order valence-electron chi connectivity index (χ3n) is 2.72. The van der Waals surface area contributed by atoms with Crippen LogP contribution in [0.15, 0.2) is 43.2 Å². The molecule has 2 aromatic heterocycles. The SMILES string of the molecule is C=CC(=O)Nc1cc(Cc2ccncc2)sc1C(=O)OC. The third kappa shape index (κ3) is 3.76. The van der Waals surface area contributed by atoms with Gasteiger partial charge in [-0.25, -0.2) is 4.79 Å². The Morgan fingerprint density at radius 3 is 2.76 bits per heavy atom. The Balaban J connectivity index is 2.29. The number of nitrogens with zero attached hydrogens (tertiary/aromatic N) is 1. The number of pyridine rings is 1. The van der Waals surface area contributed by atoms with Crippen LogP contribution >= 0.6 is 11.3 Å². The van der Waals surface area contributed by atoms with Crippen molar-refractivity contribution in [3.05, 3.63) is 58.6 Å². The molecular weight excluding hydrogens is 288 g/mol. The molecule has 0 radical (unpaired) electrons. The summed E-state index contributed by atoms with van der Waals surface area (Å²) in [6.45, 7) is 3.39. The molecule has 0 aliphatic carbocycles. The molecule has 108 valence electrons. The van der Waals surface area contributed by atoms with Gasteiger partial charge >= 0.3 is 5.97 Å². The van der Waals surface area contributed by atoms with E-state index in [1.54, 1.807) is 18.5 Å². The molecule has 1 N–H and O–H groups in total. The highest BCUT2D eigenvalue weighted by Crippen LogP contribution is 2.29. The van der Waals surface area contributed by atoms with Crippen molar-refractivity contribution in [2.75, 3.05) is 12.4 Å². The number of hydrogen-bond donors (Lipinski definition) is 1. The van der Waals surface area contributed by atoms with Crippen LogP contribution in [0.4, 0.5) is 5.69 Å². The molecule has 0 spiro atoms. The van der Waals surface area contributed by atoms with E-state index in [0.717, 1.165) is 16.5 Å². The van der Waals surface area contributed by atoms with Gasteiger partial charge in [0.05, 0.1) is 12.8 Å². The van der Waals surface area contributed by atoms with E-state index in [2.05, 4.69) is 16.9 Å². The van der Waals surface area contributed by atoms with Crippen molar-refractivity contribution in [3.63, 3.8) is 0 Å². The van der Waals surface area contributed by atoms with Crippen LogP contribution < -0.4 is 5.32 Å². The zero-order valence-electron chi connectivity index (χ0n) is 11.5. The van der Waals surface area contributed by atoms with Gasteiger partial charge in [0.2, 0.25) is 5.91 Å². The molecule has 0 aliphatic heterocycles. The predicted octanol–water partition coefficient (Wildman–Crippen LogP) is 2.65.